The highest BCUT2D eigenvalue weighted by molar-refractivity contribution is 8.22. The lowest BCUT2D eigenvalue weighted by molar-refractivity contribution is -0.384. The van der Waals surface area contributed by atoms with Crippen molar-refractivity contribution in [1.82, 2.24) is 15.1 Å². The molecule has 2 aromatic rings. The summed E-state index contributed by atoms with van der Waals surface area (Å²) in [7, 11) is 0. The van der Waals surface area contributed by atoms with Gasteiger partial charge in [0.15, 0.2) is 0 Å². The Balaban J connectivity index is 2.00. The maximum absolute atomic E-state index is 10.6. The van der Waals surface area contributed by atoms with Crippen LogP contribution in [0.25, 0.3) is 11.5 Å². The van der Waals surface area contributed by atoms with Gasteiger partial charge in [-0.15, -0.1) is 10.2 Å². The maximum Gasteiger partial charge on any atom is 0.269 e. The average Bonchev–Trinajstić information content (AvgIpc) is 3.03. The second-order valence-corrected chi connectivity index (χ2v) is 6.14. The van der Waals surface area contributed by atoms with Crippen molar-refractivity contribution in [2.24, 2.45) is 0 Å². The molecule has 1 heterocycles. The summed E-state index contributed by atoms with van der Waals surface area (Å²) in [4.78, 5) is 12.3. The molecular formula is C14H16N4O3S2. The Labute approximate surface area is 143 Å². The summed E-state index contributed by atoms with van der Waals surface area (Å²) in [5.41, 5.74) is 0.666. The predicted molar refractivity (Wildman–Crippen MR) is 93.2 cm³/mol. The highest BCUT2D eigenvalue weighted by Gasteiger charge is 2.13. The highest BCUT2D eigenvalue weighted by atomic mass is 32.2. The lowest BCUT2D eigenvalue weighted by Gasteiger charge is -2.20. The van der Waals surface area contributed by atoms with Crippen molar-refractivity contribution >= 4 is 34.0 Å². The molecule has 0 aliphatic carbocycles. The first-order chi connectivity index (χ1) is 11.0. The highest BCUT2D eigenvalue weighted by Crippen LogP contribution is 2.23. The third kappa shape index (κ3) is 4.49. The molecule has 0 fully saturated rings. The Morgan fingerprint density at radius 3 is 2.52 bits per heavy atom. The molecule has 0 bridgehead atoms. The zero-order chi connectivity index (χ0) is 16.8. The molecule has 23 heavy (non-hydrogen) atoms. The fourth-order valence-electron chi connectivity index (χ4n) is 1.85. The molecule has 0 saturated carbocycles. The summed E-state index contributed by atoms with van der Waals surface area (Å²) in [5, 5.41) is 18.6. The lowest BCUT2D eigenvalue weighted by Crippen LogP contribution is -2.26. The van der Waals surface area contributed by atoms with Gasteiger partial charge in [-0.05, 0) is 26.0 Å². The molecule has 0 atom stereocenters. The minimum atomic E-state index is -0.451. The van der Waals surface area contributed by atoms with Gasteiger partial charge in [0.05, 0.1) is 10.7 Å². The predicted octanol–water partition coefficient (Wildman–Crippen LogP) is 3.50. The van der Waals surface area contributed by atoms with E-state index in [9.17, 15) is 10.1 Å². The van der Waals surface area contributed by atoms with Crippen LogP contribution in [-0.2, 0) is 5.75 Å². The smallest absolute Gasteiger partial charge is 0.269 e. The van der Waals surface area contributed by atoms with E-state index in [2.05, 4.69) is 28.9 Å². The summed E-state index contributed by atoms with van der Waals surface area (Å²) >= 11 is 6.82. The first-order valence-electron chi connectivity index (χ1n) is 7.04. The molecular weight excluding hydrogens is 336 g/mol. The summed E-state index contributed by atoms with van der Waals surface area (Å²) < 4.78 is 6.37. The Bertz CT molecular complexity index is 684. The molecule has 0 spiro atoms. The van der Waals surface area contributed by atoms with Gasteiger partial charge in [0, 0.05) is 30.8 Å². The molecule has 0 unspecified atom stereocenters. The first-order valence-corrected chi connectivity index (χ1v) is 8.43. The van der Waals surface area contributed by atoms with Gasteiger partial charge in [-0.2, -0.15) is 0 Å². The molecule has 0 amide bonds. The van der Waals surface area contributed by atoms with Gasteiger partial charge in [0.2, 0.25) is 11.8 Å². The molecule has 122 valence electrons. The van der Waals surface area contributed by atoms with Crippen LogP contribution in [0.5, 0.6) is 0 Å². The van der Waals surface area contributed by atoms with E-state index in [0.29, 0.717) is 23.1 Å². The number of hydrogen-bond acceptors (Lipinski definition) is 7. The molecule has 2 rings (SSSR count). The molecule has 0 radical (unpaired) electrons. The molecule has 9 heteroatoms. The number of thiocarbonyl (C=S) groups is 1. The Hall–Kier alpha value is -2.00. The number of nitro groups is 1. The van der Waals surface area contributed by atoms with Gasteiger partial charge in [-0.3, -0.25) is 10.1 Å². The van der Waals surface area contributed by atoms with Crippen LogP contribution in [0.15, 0.2) is 28.7 Å². The second-order valence-electron chi connectivity index (χ2n) is 4.53. The zero-order valence-electron chi connectivity index (χ0n) is 12.8. The third-order valence-electron chi connectivity index (χ3n) is 3.13. The number of rotatable bonds is 6. The van der Waals surface area contributed by atoms with Crippen LogP contribution in [0.1, 0.15) is 19.7 Å². The van der Waals surface area contributed by atoms with Crippen molar-refractivity contribution in [3.05, 3.63) is 40.3 Å². The van der Waals surface area contributed by atoms with E-state index in [1.165, 1.54) is 23.9 Å². The van der Waals surface area contributed by atoms with Crippen molar-refractivity contribution in [2.75, 3.05) is 13.1 Å². The van der Waals surface area contributed by atoms with Crippen molar-refractivity contribution in [3.63, 3.8) is 0 Å². The van der Waals surface area contributed by atoms with E-state index in [4.69, 9.17) is 16.6 Å². The molecule has 0 N–H and O–H groups in total. The summed E-state index contributed by atoms with van der Waals surface area (Å²) in [6.45, 7) is 5.83. The van der Waals surface area contributed by atoms with Gasteiger partial charge in [-0.25, -0.2) is 0 Å². The molecule has 0 aliphatic rings. The van der Waals surface area contributed by atoms with Crippen molar-refractivity contribution < 1.29 is 9.34 Å². The van der Waals surface area contributed by atoms with Crippen LogP contribution in [0.2, 0.25) is 0 Å². The number of hydrogen-bond donors (Lipinski definition) is 0. The van der Waals surface area contributed by atoms with Crippen molar-refractivity contribution in [2.45, 2.75) is 19.6 Å². The third-order valence-corrected chi connectivity index (χ3v) is 4.64. The van der Waals surface area contributed by atoms with Gasteiger partial charge >= 0.3 is 0 Å². The first kappa shape index (κ1) is 17.4. The quantitative estimate of drug-likeness (QED) is 0.443. The molecule has 0 saturated heterocycles. The van der Waals surface area contributed by atoms with Crippen LogP contribution in [0, 0.1) is 10.1 Å². The normalized spacial score (nSPS) is 10.5. The van der Waals surface area contributed by atoms with E-state index in [1.807, 2.05) is 0 Å². The number of non-ortho nitro benzene ring substituents is 1. The molecule has 7 nitrogen and oxygen atoms in total. The second kappa shape index (κ2) is 8.02. The van der Waals surface area contributed by atoms with E-state index < -0.39 is 4.92 Å². The van der Waals surface area contributed by atoms with Gasteiger partial charge in [0.1, 0.15) is 4.32 Å². The fourth-order valence-corrected chi connectivity index (χ4v) is 3.09. The topological polar surface area (TPSA) is 85.3 Å². The number of thioether (sulfide) groups is 1. The average molecular weight is 352 g/mol. The van der Waals surface area contributed by atoms with E-state index in [0.717, 1.165) is 17.4 Å². The van der Waals surface area contributed by atoms with Crippen LogP contribution in [0.4, 0.5) is 5.69 Å². The lowest BCUT2D eigenvalue weighted by atomic mass is 10.2. The van der Waals surface area contributed by atoms with Gasteiger partial charge in [0.25, 0.3) is 5.69 Å². The number of nitro benzene ring substituents is 1. The summed E-state index contributed by atoms with van der Waals surface area (Å²) in [6.07, 6.45) is 0. The van der Waals surface area contributed by atoms with Crippen molar-refractivity contribution in [3.8, 4) is 11.5 Å². The van der Waals surface area contributed by atoms with Crippen LogP contribution < -0.4 is 0 Å². The van der Waals surface area contributed by atoms with E-state index >= 15 is 0 Å². The molecule has 1 aromatic heterocycles. The molecule has 1 aromatic carbocycles. The van der Waals surface area contributed by atoms with Crippen molar-refractivity contribution in [1.29, 1.82) is 0 Å². The van der Waals surface area contributed by atoms with Crippen LogP contribution in [-0.4, -0.2) is 37.4 Å². The van der Waals surface area contributed by atoms with E-state index in [1.54, 1.807) is 12.1 Å². The number of aromatic nitrogens is 2. The zero-order valence-corrected chi connectivity index (χ0v) is 14.4. The Kier molecular flexibility index (Phi) is 6.05. The summed E-state index contributed by atoms with van der Waals surface area (Å²) in [5.74, 6) is 1.30. The van der Waals surface area contributed by atoms with Crippen LogP contribution in [0.3, 0.4) is 0 Å². The fraction of sp³-hybridized carbons (Fsp3) is 0.357. The largest absolute Gasteiger partial charge is 0.420 e. The van der Waals surface area contributed by atoms with Gasteiger partial charge < -0.3 is 9.32 Å². The van der Waals surface area contributed by atoms with Crippen LogP contribution >= 0.6 is 24.0 Å². The standard InChI is InChI=1S/C14H16N4O3S2/c1-3-17(4-2)14(22)23-9-12-15-16-13(21-12)10-5-7-11(8-6-10)18(19)20/h5-8H,3-4,9H2,1-2H3. The number of benzene rings is 1. The monoisotopic (exact) mass is 352 g/mol. The minimum absolute atomic E-state index is 0.0219. The molecule has 0 aliphatic heterocycles. The number of nitrogens with zero attached hydrogens (tertiary/aromatic N) is 4. The van der Waals surface area contributed by atoms with E-state index in [-0.39, 0.29) is 5.69 Å². The summed E-state index contributed by atoms with van der Waals surface area (Å²) in [6, 6.07) is 5.99. The SMILES string of the molecule is CCN(CC)C(=S)SCc1nnc(-c2ccc([N+](=O)[O-])cc2)o1. The van der Waals surface area contributed by atoms with Gasteiger partial charge in [-0.1, -0.05) is 24.0 Å². The minimum Gasteiger partial charge on any atom is -0.420 e. The maximum atomic E-state index is 10.6. The Morgan fingerprint density at radius 1 is 1.30 bits per heavy atom. The Morgan fingerprint density at radius 2 is 1.96 bits per heavy atom.